The fraction of sp³-hybridized carbons (Fsp3) is 0.429. The maximum atomic E-state index is 13.0. The Balaban J connectivity index is 1.89. The Kier molecular flexibility index (Phi) is 4.55. The molecule has 2 rings (SSSR count). The third-order valence-corrected chi connectivity index (χ3v) is 3.38. The molecule has 1 aliphatic heterocycles. The second kappa shape index (κ2) is 6.36. The Hall–Kier alpha value is -2.11. The van der Waals surface area contributed by atoms with E-state index in [1.165, 1.54) is 12.1 Å². The molecule has 20 heavy (non-hydrogen) atoms. The number of hydrogen-bond donors (Lipinski definition) is 2. The summed E-state index contributed by atoms with van der Waals surface area (Å²) in [6.07, 6.45) is 1.48. The standard InChI is InChI=1S/C14H17FN2O3/c15-11-4-1-3-10(7-11)9-16-14(20)17-6-2-5-12(17)8-13(18)19/h1,3-4,7,12H,2,5-6,8-9H2,(H,16,20)(H,18,19). The van der Waals surface area contributed by atoms with E-state index in [4.69, 9.17) is 5.11 Å². The lowest BCUT2D eigenvalue weighted by Gasteiger charge is -2.23. The van der Waals surface area contributed by atoms with Crippen LogP contribution < -0.4 is 5.32 Å². The molecule has 0 radical (unpaired) electrons. The number of nitrogens with one attached hydrogen (secondary N) is 1. The Morgan fingerprint density at radius 1 is 1.45 bits per heavy atom. The van der Waals surface area contributed by atoms with Crippen LogP contribution in [0, 0.1) is 5.82 Å². The average molecular weight is 280 g/mol. The highest BCUT2D eigenvalue weighted by Gasteiger charge is 2.30. The van der Waals surface area contributed by atoms with Gasteiger partial charge in [-0.1, -0.05) is 12.1 Å². The largest absolute Gasteiger partial charge is 0.481 e. The third-order valence-electron chi connectivity index (χ3n) is 3.38. The molecular formula is C14H17FN2O3. The van der Waals surface area contributed by atoms with Crippen LogP contribution >= 0.6 is 0 Å². The number of carbonyl (C=O) groups is 2. The fourth-order valence-corrected chi connectivity index (χ4v) is 2.44. The van der Waals surface area contributed by atoms with Crippen molar-refractivity contribution in [2.45, 2.75) is 31.8 Å². The molecule has 1 fully saturated rings. The van der Waals surface area contributed by atoms with Gasteiger partial charge in [0.15, 0.2) is 0 Å². The number of likely N-dealkylation sites (tertiary alicyclic amines) is 1. The highest BCUT2D eigenvalue weighted by atomic mass is 19.1. The molecule has 1 aromatic carbocycles. The van der Waals surface area contributed by atoms with Crippen LogP contribution in [-0.4, -0.2) is 34.6 Å². The molecule has 0 aliphatic carbocycles. The number of aliphatic carboxylic acids is 1. The minimum atomic E-state index is -0.903. The van der Waals surface area contributed by atoms with Crippen LogP contribution in [0.15, 0.2) is 24.3 Å². The molecule has 1 aromatic rings. The van der Waals surface area contributed by atoms with Crippen LogP contribution in [0.1, 0.15) is 24.8 Å². The van der Waals surface area contributed by atoms with Gasteiger partial charge in [-0.25, -0.2) is 9.18 Å². The smallest absolute Gasteiger partial charge is 0.317 e. The molecule has 0 bridgehead atoms. The summed E-state index contributed by atoms with van der Waals surface area (Å²) >= 11 is 0. The molecule has 1 atom stereocenters. The number of carboxylic acid groups (broad SMARTS) is 1. The number of carboxylic acids is 1. The summed E-state index contributed by atoms with van der Waals surface area (Å²) < 4.78 is 13.0. The van der Waals surface area contributed by atoms with E-state index in [9.17, 15) is 14.0 Å². The van der Waals surface area contributed by atoms with Gasteiger partial charge in [-0.05, 0) is 30.5 Å². The molecule has 2 amide bonds. The van der Waals surface area contributed by atoms with Crippen molar-refractivity contribution in [2.24, 2.45) is 0 Å². The van der Waals surface area contributed by atoms with Gasteiger partial charge in [0.25, 0.3) is 0 Å². The molecular weight excluding hydrogens is 263 g/mol. The molecule has 0 aromatic heterocycles. The van der Waals surface area contributed by atoms with Crippen LogP contribution in [0.3, 0.4) is 0 Å². The molecule has 5 nitrogen and oxygen atoms in total. The van der Waals surface area contributed by atoms with Gasteiger partial charge in [0.1, 0.15) is 5.82 Å². The van der Waals surface area contributed by atoms with Crippen molar-refractivity contribution >= 4 is 12.0 Å². The number of benzene rings is 1. The van der Waals surface area contributed by atoms with Crippen molar-refractivity contribution in [3.05, 3.63) is 35.6 Å². The Morgan fingerprint density at radius 2 is 2.25 bits per heavy atom. The predicted molar refractivity (Wildman–Crippen MR) is 70.6 cm³/mol. The van der Waals surface area contributed by atoms with Gasteiger partial charge in [0, 0.05) is 19.1 Å². The van der Waals surface area contributed by atoms with Crippen molar-refractivity contribution in [1.29, 1.82) is 0 Å². The number of carbonyl (C=O) groups excluding carboxylic acids is 1. The van der Waals surface area contributed by atoms with Crippen molar-refractivity contribution in [3.63, 3.8) is 0 Å². The Morgan fingerprint density at radius 3 is 2.95 bits per heavy atom. The van der Waals surface area contributed by atoms with Crippen molar-refractivity contribution < 1.29 is 19.1 Å². The van der Waals surface area contributed by atoms with Gasteiger partial charge in [-0.15, -0.1) is 0 Å². The van der Waals surface area contributed by atoms with Crippen LogP contribution in [0.25, 0.3) is 0 Å². The molecule has 2 N–H and O–H groups in total. The first-order chi connectivity index (χ1) is 9.56. The van der Waals surface area contributed by atoms with E-state index in [0.717, 1.165) is 6.42 Å². The van der Waals surface area contributed by atoms with Gasteiger partial charge < -0.3 is 15.3 Å². The van der Waals surface area contributed by atoms with Gasteiger partial charge in [-0.3, -0.25) is 4.79 Å². The summed E-state index contributed by atoms with van der Waals surface area (Å²) in [5, 5.41) is 11.5. The van der Waals surface area contributed by atoms with Crippen molar-refractivity contribution in [2.75, 3.05) is 6.54 Å². The van der Waals surface area contributed by atoms with Gasteiger partial charge in [0.2, 0.25) is 0 Å². The summed E-state index contributed by atoms with van der Waals surface area (Å²) in [7, 11) is 0. The summed E-state index contributed by atoms with van der Waals surface area (Å²) in [5.41, 5.74) is 0.673. The van der Waals surface area contributed by atoms with Crippen molar-refractivity contribution in [3.8, 4) is 0 Å². The monoisotopic (exact) mass is 280 g/mol. The summed E-state index contributed by atoms with van der Waals surface area (Å²) in [5.74, 6) is -1.25. The molecule has 1 aliphatic rings. The first-order valence-corrected chi connectivity index (χ1v) is 6.57. The van der Waals surface area contributed by atoms with Gasteiger partial charge >= 0.3 is 12.0 Å². The molecule has 6 heteroatoms. The number of halogens is 1. The second-order valence-corrected chi connectivity index (χ2v) is 4.88. The molecule has 108 valence electrons. The van der Waals surface area contributed by atoms with Crippen LogP contribution in [0.4, 0.5) is 9.18 Å². The Bertz CT molecular complexity index is 507. The molecule has 1 unspecified atom stereocenters. The van der Waals surface area contributed by atoms with Crippen LogP contribution in [0.2, 0.25) is 0 Å². The number of nitrogens with zero attached hydrogens (tertiary/aromatic N) is 1. The van der Waals surface area contributed by atoms with E-state index in [-0.39, 0.29) is 30.9 Å². The van der Waals surface area contributed by atoms with E-state index in [1.54, 1.807) is 17.0 Å². The Labute approximate surface area is 116 Å². The topological polar surface area (TPSA) is 69.6 Å². The number of urea groups is 1. The lowest BCUT2D eigenvalue weighted by atomic mass is 10.1. The van der Waals surface area contributed by atoms with Gasteiger partial charge in [-0.2, -0.15) is 0 Å². The highest BCUT2D eigenvalue weighted by molar-refractivity contribution is 5.76. The van der Waals surface area contributed by atoms with E-state index in [2.05, 4.69) is 5.32 Å². The highest BCUT2D eigenvalue weighted by Crippen LogP contribution is 2.20. The lowest BCUT2D eigenvalue weighted by Crippen LogP contribution is -2.43. The number of rotatable bonds is 4. The zero-order valence-electron chi connectivity index (χ0n) is 11.0. The zero-order valence-corrected chi connectivity index (χ0v) is 11.0. The number of hydrogen-bond acceptors (Lipinski definition) is 2. The maximum absolute atomic E-state index is 13.0. The van der Waals surface area contributed by atoms with Crippen LogP contribution in [-0.2, 0) is 11.3 Å². The molecule has 1 heterocycles. The van der Waals surface area contributed by atoms with Crippen LogP contribution in [0.5, 0.6) is 0 Å². The summed E-state index contributed by atoms with van der Waals surface area (Å²) in [6.45, 7) is 0.791. The van der Waals surface area contributed by atoms with E-state index in [1.807, 2.05) is 0 Å². The average Bonchev–Trinajstić information content (AvgIpc) is 2.83. The van der Waals surface area contributed by atoms with E-state index < -0.39 is 5.97 Å². The normalized spacial score (nSPS) is 18.1. The quantitative estimate of drug-likeness (QED) is 0.886. The number of amides is 2. The summed E-state index contributed by atoms with van der Waals surface area (Å²) in [4.78, 5) is 24.3. The predicted octanol–water partition coefficient (Wildman–Crippen LogP) is 1.97. The molecule has 0 saturated carbocycles. The third kappa shape index (κ3) is 3.69. The van der Waals surface area contributed by atoms with E-state index >= 15 is 0 Å². The van der Waals surface area contributed by atoms with Gasteiger partial charge in [0.05, 0.1) is 6.42 Å². The molecule has 0 spiro atoms. The molecule has 1 saturated heterocycles. The minimum absolute atomic E-state index is 0.0343. The maximum Gasteiger partial charge on any atom is 0.317 e. The minimum Gasteiger partial charge on any atom is -0.481 e. The first-order valence-electron chi connectivity index (χ1n) is 6.57. The van der Waals surface area contributed by atoms with E-state index in [0.29, 0.717) is 18.5 Å². The SMILES string of the molecule is O=C(O)CC1CCCN1C(=O)NCc1cccc(F)c1. The van der Waals surface area contributed by atoms with Crippen molar-refractivity contribution in [1.82, 2.24) is 10.2 Å². The fourth-order valence-electron chi connectivity index (χ4n) is 2.44. The first kappa shape index (κ1) is 14.3. The second-order valence-electron chi connectivity index (χ2n) is 4.88. The lowest BCUT2D eigenvalue weighted by molar-refractivity contribution is -0.137. The summed E-state index contributed by atoms with van der Waals surface area (Å²) in [6, 6.07) is 5.47. The zero-order chi connectivity index (χ0) is 14.5.